The van der Waals surface area contributed by atoms with Gasteiger partial charge in [-0.15, -0.1) is 0 Å². The fourth-order valence-corrected chi connectivity index (χ4v) is 2.64. The SMILES string of the molecule is CC(=O)N1CCC[C@H](C(=O)NNC(=O)COc2ccccc2Cl)C1. The lowest BCUT2D eigenvalue weighted by molar-refractivity contribution is -0.136. The number of carbonyl (C=O) groups excluding carboxylic acids is 3. The van der Waals surface area contributed by atoms with E-state index >= 15 is 0 Å². The van der Waals surface area contributed by atoms with Gasteiger partial charge in [0, 0.05) is 20.0 Å². The van der Waals surface area contributed by atoms with Gasteiger partial charge in [0.05, 0.1) is 10.9 Å². The van der Waals surface area contributed by atoms with Crippen molar-refractivity contribution in [1.29, 1.82) is 0 Å². The van der Waals surface area contributed by atoms with Gasteiger partial charge in [0.25, 0.3) is 5.91 Å². The molecule has 1 aliphatic rings. The molecule has 0 aromatic heterocycles. The molecule has 24 heavy (non-hydrogen) atoms. The van der Waals surface area contributed by atoms with Gasteiger partial charge in [-0.2, -0.15) is 0 Å². The van der Waals surface area contributed by atoms with Crippen molar-refractivity contribution in [3.63, 3.8) is 0 Å². The molecule has 0 radical (unpaired) electrons. The van der Waals surface area contributed by atoms with Crippen molar-refractivity contribution >= 4 is 29.3 Å². The number of carbonyl (C=O) groups is 3. The first-order valence-electron chi connectivity index (χ1n) is 7.69. The van der Waals surface area contributed by atoms with E-state index in [0.29, 0.717) is 30.3 Å². The number of piperidine rings is 1. The van der Waals surface area contributed by atoms with E-state index in [1.807, 2.05) is 0 Å². The summed E-state index contributed by atoms with van der Waals surface area (Å²) in [5, 5.41) is 0.404. The van der Waals surface area contributed by atoms with Gasteiger partial charge in [-0.05, 0) is 25.0 Å². The van der Waals surface area contributed by atoms with Crippen molar-refractivity contribution in [3.8, 4) is 5.75 Å². The molecule has 0 saturated carbocycles. The van der Waals surface area contributed by atoms with E-state index in [2.05, 4.69) is 10.9 Å². The summed E-state index contributed by atoms with van der Waals surface area (Å²) in [6.07, 6.45) is 1.45. The largest absolute Gasteiger partial charge is 0.482 e. The Morgan fingerprint density at radius 3 is 2.75 bits per heavy atom. The van der Waals surface area contributed by atoms with Gasteiger partial charge in [-0.3, -0.25) is 25.2 Å². The molecule has 0 spiro atoms. The number of ether oxygens (including phenoxy) is 1. The number of para-hydroxylation sites is 1. The summed E-state index contributed by atoms with van der Waals surface area (Å²) < 4.78 is 5.28. The standard InChI is InChI=1S/C16H20ClN3O4/c1-11(21)20-8-4-5-12(9-20)16(23)19-18-15(22)10-24-14-7-3-2-6-13(14)17/h2-3,6-7,12H,4-5,8-10H2,1H3,(H,18,22)(H,19,23)/t12-/m0/s1. The van der Waals surface area contributed by atoms with Crippen LogP contribution >= 0.6 is 11.6 Å². The molecule has 1 saturated heterocycles. The third-order valence-corrected chi connectivity index (χ3v) is 4.07. The van der Waals surface area contributed by atoms with Crippen molar-refractivity contribution in [1.82, 2.24) is 15.8 Å². The predicted octanol–water partition coefficient (Wildman–Crippen LogP) is 1.12. The number of hydrogen-bond donors (Lipinski definition) is 2. The van der Waals surface area contributed by atoms with Crippen LogP contribution in [-0.4, -0.2) is 42.3 Å². The van der Waals surface area contributed by atoms with Gasteiger partial charge in [0.15, 0.2) is 6.61 Å². The molecule has 3 amide bonds. The molecule has 2 rings (SSSR count). The first-order chi connectivity index (χ1) is 11.5. The van der Waals surface area contributed by atoms with Crippen LogP contribution in [0.2, 0.25) is 5.02 Å². The minimum Gasteiger partial charge on any atom is -0.482 e. The summed E-state index contributed by atoms with van der Waals surface area (Å²) in [7, 11) is 0. The molecule has 1 aliphatic heterocycles. The molecule has 1 atom stereocenters. The lowest BCUT2D eigenvalue weighted by Gasteiger charge is -2.31. The van der Waals surface area contributed by atoms with Crippen molar-refractivity contribution in [2.24, 2.45) is 5.92 Å². The zero-order valence-corrected chi connectivity index (χ0v) is 14.1. The number of hydrogen-bond acceptors (Lipinski definition) is 4. The number of nitrogens with zero attached hydrogens (tertiary/aromatic N) is 1. The molecule has 1 fully saturated rings. The van der Waals surface area contributed by atoms with Gasteiger partial charge < -0.3 is 9.64 Å². The van der Waals surface area contributed by atoms with E-state index in [4.69, 9.17) is 16.3 Å². The maximum atomic E-state index is 12.1. The monoisotopic (exact) mass is 353 g/mol. The fourth-order valence-electron chi connectivity index (χ4n) is 2.45. The van der Waals surface area contributed by atoms with Crippen LogP contribution in [0.15, 0.2) is 24.3 Å². The molecular weight excluding hydrogens is 334 g/mol. The summed E-state index contributed by atoms with van der Waals surface area (Å²) in [6, 6.07) is 6.79. The van der Waals surface area contributed by atoms with E-state index < -0.39 is 5.91 Å². The Balaban J connectivity index is 1.74. The first kappa shape index (κ1) is 18.1. The van der Waals surface area contributed by atoms with Crippen LogP contribution in [-0.2, 0) is 14.4 Å². The third-order valence-electron chi connectivity index (χ3n) is 3.76. The maximum Gasteiger partial charge on any atom is 0.276 e. The molecule has 7 nitrogen and oxygen atoms in total. The lowest BCUT2D eigenvalue weighted by atomic mass is 9.97. The molecular formula is C16H20ClN3O4. The summed E-state index contributed by atoms with van der Waals surface area (Å²) >= 11 is 5.92. The smallest absolute Gasteiger partial charge is 0.276 e. The van der Waals surface area contributed by atoms with Gasteiger partial charge >= 0.3 is 0 Å². The quantitative estimate of drug-likeness (QED) is 0.794. The van der Waals surface area contributed by atoms with Crippen molar-refractivity contribution in [3.05, 3.63) is 29.3 Å². The van der Waals surface area contributed by atoms with E-state index in [1.54, 1.807) is 29.2 Å². The molecule has 130 valence electrons. The number of halogens is 1. The minimum absolute atomic E-state index is 0.0512. The van der Waals surface area contributed by atoms with Crippen LogP contribution < -0.4 is 15.6 Å². The fraction of sp³-hybridized carbons (Fsp3) is 0.438. The normalized spacial score (nSPS) is 17.1. The zero-order chi connectivity index (χ0) is 17.5. The van der Waals surface area contributed by atoms with Crippen LogP contribution in [0.5, 0.6) is 5.75 Å². The van der Waals surface area contributed by atoms with Crippen molar-refractivity contribution < 1.29 is 19.1 Å². The molecule has 0 aliphatic carbocycles. The Morgan fingerprint density at radius 1 is 1.29 bits per heavy atom. The van der Waals surface area contributed by atoms with Gasteiger partial charge in [-0.25, -0.2) is 0 Å². The Labute approximate surface area is 145 Å². The number of nitrogens with one attached hydrogen (secondary N) is 2. The molecule has 1 heterocycles. The highest BCUT2D eigenvalue weighted by molar-refractivity contribution is 6.32. The highest BCUT2D eigenvalue weighted by Gasteiger charge is 2.27. The molecule has 2 N–H and O–H groups in total. The van der Waals surface area contributed by atoms with E-state index in [9.17, 15) is 14.4 Å². The van der Waals surface area contributed by atoms with Crippen LogP contribution in [0.3, 0.4) is 0 Å². The third kappa shape index (κ3) is 5.13. The second-order valence-electron chi connectivity index (χ2n) is 5.56. The number of amides is 3. The number of rotatable bonds is 4. The highest BCUT2D eigenvalue weighted by Crippen LogP contribution is 2.22. The second-order valence-corrected chi connectivity index (χ2v) is 5.97. The molecule has 8 heteroatoms. The van der Waals surface area contributed by atoms with Crippen LogP contribution in [0, 0.1) is 5.92 Å². The van der Waals surface area contributed by atoms with E-state index in [0.717, 1.165) is 6.42 Å². The molecule has 1 aromatic carbocycles. The number of hydrazine groups is 1. The lowest BCUT2D eigenvalue weighted by Crippen LogP contribution is -2.50. The van der Waals surface area contributed by atoms with Gasteiger partial charge in [-0.1, -0.05) is 23.7 Å². The summed E-state index contributed by atoms with van der Waals surface area (Å²) in [4.78, 5) is 36.8. The summed E-state index contributed by atoms with van der Waals surface area (Å²) in [5.74, 6) is -0.795. The van der Waals surface area contributed by atoms with E-state index in [1.165, 1.54) is 6.92 Å². The number of likely N-dealkylation sites (tertiary alicyclic amines) is 1. The predicted molar refractivity (Wildman–Crippen MR) is 88.2 cm³/mol. The Bertz CT molecular complexity index is 623. The Kier molecular flexibility index (Phi) is 6.43. The average molecular weight is 354 g/mol. The van der Waals surface area contributed by atoms with E-state index in [-0.39, 0.29) is 24.3 Å². The average Bonchev–Trinajstić information content (AvgIpc) is 2.59. The Hall–Kier alpha value is -2.28. The second kappa shape index (κ2) is 8.54. The highest BCUT2D eigenvalue weighted by atomic mass is 35.5. The van der Waals surface area contributed by atoms with Crippen molar-refractivity contribution in [2.45, 2.75) is 19.8 Å². The van der Waals surface area contributed by atoms with Crippen molar-refractivity contribution in [2.75, 3.05) is 19.7 Å². The van der Waals surface area contributed by atoms with Gasteiger partial charge in [0.1, 0.15) is 5.75 Å². The minimum atomic E-state index is -0.498. The molecule has 0 unspecified atom stereocenters. The first-order valence-corrected chi connectivity index (χ1v) is 8.06. The van der Waals surface area contributed by atoms with Crippen LogP contribution in [0.4, 0.5) is 0 Å². The number of benzene rings is 1. The summed E-state index contributed by atoms with van der Waals surface area (Å²) in [5.41, 5.74) is 4.68. The molecule has 1 aromatic rings. The zero-order valence-electron chi connectivity index (χ0n) is 13.4. The maximum absolute atomic E-state index is 12.1. The topological polar surface area (TPSA) is 87.7 Å². The Morgan fingerprint density at radius 2 is 2.04 bits per heavy atom. The summed E-state index contributed by atoms with van der Waals surface area (Å²) in [6.45, 7) is 2.24. The van der Waals surface area contributed by atoms with Gasteiger partial charge in [0.2, 0.25) is 11.8 Å². The molecule has 0 bridgehead atoms. The van der Waals surface area contributed by atoms with Crippen LogP contribution in [0.25, 0.3) is 0 Å². The van der Waals surface area contributed by atoms with Crippen LogP contribution in [0.1, 0.15) is 19.8 Å².